The van der Waals surface area contributed by atoms with Crippen LogP contribution in [0, 0.1) is 5.92 Å². The quantitative estimate of drug-likeness (QED) is 0.842. The highest BCUT2D eigenvalue weighted by atomic mass is 16.6. The van der Waals surface area contributed by atoms with E-state index in [1.165, 1.54) is 7.11 Å². The third kappa shape index (κ3) is 5.55. The van der Waals surface area contributed by atoms with Gasteiger partial charge in [-0.15, -0.1) is 0 Å². The monoisotopic (exact) mass is 293 g/mol. The van der Waals surface area contributed by atoms with E-state index >= 15 is 0 Å². The van der Waals surface area contributed by atoms with Crippen LogP contribution in [0.3, 0.4) is 0 Å². The van der Waals surface area contributed by atoms with Crippen molar-refractivity contribution < 1.29 is 19.1 Å². The molecule has 5 heteroatoms. The zero-order valence-electron chi connectivity index (χ0n) is 13.0. The van der Waals surface area contributed by atoms with E-state index in [9.17, 15) is 9.59 Å². The summed E-state index contributed by atoms with van der Waals surface area (Å²) in [6.45, 7) is 5.32. The van der Waals surface area contributed by atoms with Crippen molar-refractivity contribution in [2.75, 3.05) is 7.11 Å². The fourth-order valence-electron chi connectivity index (χ4n) is 1.90. The summed E-state index contributed by atoms with van der Waals surface area (Å²) < 4.78 is 10.0. The number of ether oxygens (including phenoxy) is 2. The molecule has 0 bridgehead atoms. The third-order valence-corrected chi connectivity index (χ3v) is 2.94. The highest BCUT2D eigenvalue weighted by molar-refractivity contribution is 5.81. The number of methoxy groups -OCH3 is 1. The summed E-state index contributed by atoms with van der Waals surface area (Å²) in [6, 6.07) is 8.54. The van der Waals surface area contributed by atoms with Gasteiger partial charge in [0.1, 0.15) is 5.60 Å². The highest BCUT2D eigenvalue weighted by Gasteiger charge is 2.33. The molecule has 1 aromatic carbocycles. The van der Waals surface area contributed by atoms with E-state index < -0.39 is 29.5 Å². The number of carbonyl (C=O) groups is 2. The minimum Gasteiger partial charge on any atom is -0.469 e. The molecule has 2 N–H and O–H groups in total. The molecule has 116 valence electrons. The van der Waals surface area contributed by atoms with Gasteiger partial charge in [-0.2, -0.15) is 0 Å². The number of benzene rings is 1. The Balaban J connectivity index is 2.96. The van der Waals surface area contributed by atoms with Crippen LogP contribution in [0.2, 0.25) is 0 Å². The Bertz CT molecular complexity index is 479. The first-order chi connectivity index (χ1) is 9.74. The maximum absolute atomic E-state index is 12.3. The molecule has 0 aliphatic heterocycles. The van der Waals surface area contributed by atoms with Gasteiger partial charge < -0.3 is 15.2 Å². The zero-order chi connectivity index (χ0) is 16.0. The molecule has 0 radical (unpaired) electrons. The summed E-state index contributed by atoms with van der Waals surface area (Å²) in [5, 5.41) is 0. The second kappa shape index (κ2) is 7.22. The van der Waals surface area contributed by atoms with Crippen molar-refractivity contribution in [2.45, 2.75) is 38.8 Å². The number of esters is 2. The average Bonchev–Trinajstić information content (AvgIpc) is 2.42. The molecule has 0 aromatic heterocycles. The molecular weight excluding hydrogens is 270 g/mol. The zero-order valence-corrected chi connectivity index (χ0v) is 13.0. The molecule has 0 aliphatic carbocycles. The Hall–Kier alpha value is -1.88. The molecular formula is C16H23NO4. The van der Waals surface area contributed by atoms with Crippen LogP contribution >= 0.6 is 0 Å². The van der Waals surface area contributed by atoms with Crippen LogP contribution in [0.5, 0.6) is 0 Å². The molecule has 2 unspecified atom stereocenters. The first kappa shape index (κ1) is 17.2. The molecule has 0 amide bonds. The lowest BCUT2D eigenvalue weighted by molar-refractivity contribution is -0.164. The van der Waals surface area contributed by atoms with Crippen molar-refractivity contribution in [3.05, 3.63) is 35.9 Å². The van der Waals surface area contributed by atoms with E-state index in [1.54, 1.807) is 20.8 Å². The number of hydrogen-bond donors (Lipinski definition) is 1. The maximum atomic E-state index is 12.3. The molecule has 1 rings (SSSR count). The minimum absolute atomic E-state index is 0.110. The number of carbonyl (C=O) groups excluding carboxylic acids is 2. The van der Waals surface area contributed by atoms with Crippen LogP contribution in [0.25, 0.3) is 0 Å². The maximum Gasteiger partial charge on any atom is 0.311 e. The van der Waals surface area contributed by atoms with E-state index in [0.29, 0.717) is 0 Å². The summed E-state index contributed by atoms with van der Waals surface area (Å²) in [4.78, 5) is 23.9. The second-order valence-electron chi connectivity index (χ2n) is 5.86. The van der Waals surface area contributed by atoms with Gasteiger partial charge in [-0.25, -0.2) is 0 Å². The Morgan fingerprint density at radius 2 is 1.76 bits per heavy atom. The Morgan fingerprint density at radius 3 is 2.24 bits per heavy atom. The van der Waals surface area contributed by atoms with Gasteiger partial charge in [-0.1, -0.05) is 30.3 Å². The number of rotatable bonds is 5. The summed E-state index contributed by atoms with van der Waals surface area (Å²) in [6.07, 6.45) is -0.110. The van der Waals surface area contributed by atoms with Gasteiger partial charge >= 0.3 is 11.9 Å². The Kier molecular flexibility index (Phi) is 5.90. The molecule has 0 fully saturated rings. The molecule has 21 heavy (non-hydrogen) atoms. The van der Waals surface area contributed by atoms with Gasteiger partial charge in [0, 0.05) is 6.04 Å². The number of hydrogen-bond acceptors (Lipinski definition) is 5. The lowest BCUT2D eigenvalue weighted by Crippen LogP contribution is -2.36. The Morgan fingerprint density at radius 1 is 1.19 bits per heavy atom. The van der Waals surface area contributed by atoms with E-state index in [1.807, 2.05) is 30.3 Å². The van der Waals surface area contributed by atoms with Crippen molar-refractivity contribution in [3.63, 3.8) is 0 Å². The molecule has 0 saturated carbocycles. The average molecular weight is 293 g/mol. The largest absolute Gasteiger partial charge is 0.469 e. The van der Waals surface area contributed by atoms with E-state index in [0.717, 1.165) is 5.56 Å². The van der Waals surface area contributed by atoms with Gasteiger partial charge in [0.05, 0.1) is 19.4 Å². The summed E-state index contributed by atoms with van der Waals surface area (Å²) in [7, 11) is 1.28. The fourth-order valence-corrected chi connectivity index (χ4v) is 1.90. The predicted octanol–water partition coefficient (Wildman–Crippen LogP) is 2.21. The van der Waals surface area contributed by atoms with Crippen LogP contribution in [0.15, 0.2) is 30.3 Å². The fraction of sp³-hybridized carbons (Fsp3) is 0.500. The van der Waals surface area contributed by atoms with Crippen molar-refractivity contribution in [2.24, 2.45) is 11.7 Å². The third-order valence-electron chi connectivity index (χ3n) is 2.94. The standard InChI is InChI=1S/C16H23NO4/c1-16(2,3)21-15(19)12(10-13(18)20-4)14(17)11-8-6-5-7-9-11/h5-9,12,14H,10,17H2,1-4H3. The van der Waals surface area contributed by atoms with Crippen LogP contribution in [0.4, 0.5) is 0 Å². The second-order valence-corrected chi connectivity index (χ2v) is 5.86. The molecule has 2 atom stereocenters. The topological polar surface area (TPSA) is 78.6 Å². The van der Waals surface area contributed by atoms with Crippen LogP contribution in [0.1, 0.15) is 38.8 Å². The normalized spacial score (nSPS) is 14.1. The smallest absolute Gasteiger partial charge is 0.311 e. The predicted molar refractivity (Wildman–Crippen MR) is 79.3 cm³/mol. The first-order valence-electron chi connectivity index (χ1n) is 6.85. The van der Waals surface area contributed by atoms with Crippen molar-refractivity contribution in [1.82, 2.24) is 0 Å². The summed E-state index contributed by atoms with van der Waals surface area (Å²) in [5.74, 6) is -1.76. The molecule has 0 heterocycles. The van der Waals surface area contributed by atoms with E-state index in [-0.39, 0.29) is 6.42 Å². The van der Waals surface area contributed by atoms with Crippen LogP contribution in [-0.2, 0) is 19.1 Å². The van der Waals surface area contributed by atoms with Gasteiger partial charge in [-0.05, 0) is 26.3 Å². The minimum atomic E-state index is -0.779. The van der Waals surface area contributed by atoms with Crippen LogP contribution < -0.4 is 5.73 Å². The molecule has 0 spiro atoms. The van der Waals surface area contributed by atoms with Crippen LogP contribution in [-0.4, -0.2) is 24.6 Å². The Labute approximate surface area is 125 Å². The SMILES string of the molecule is COC(=O)CC(C(=O)OC(C)(C)C)C(N)c1ccccc1. The molecule has 0 aliphatic rings. The summed E-state index contributed by atoms with van der Waals surface area (Å²) >= 11 is 0. The summed E-state index contributed by atoms with van der Waals surface area (Å²) in [5.41, 5.74) is 6.29. The van der Waals surface area contributed by atoms with Crippen molar-refractivity contribution in [1.29, 1.82) is 0 Å². The molecule has 1 aromatic rings. The van der Waals surface area contributed by atoms with E-state index in [4.69, 9.17) is 10.5 Å². The van der Waals surface area contributed by atoms with Gasteiger partial charge in [0.25, 0.3) is 0 Å². The molecule has 5 nitrogen and oxygen atoms in total. The highest BCUT2D eigenvalue weighted by Crippen LogP contribution is 2.26. The van der Waals surface area contributed by atoms with Gasteiger partial charge in [-0.3, -0.25) is 9.59 Å². The lowest BCUT2D eigenvalue weighted by atomic mass is 9.91. The van der Waals surface area contributed by atoms with Gasteiger partial charge in [0.2, 0.25) is 0 Å². The lowest BCUT2D eigenvalue weighted by Gasteiger charge is -2.27. The van der Waals surface area contributed by atoms with E-state index in [2.05, 4.69) is 4.74 Å². The number of nitrogens with two attached hydrogens (primary N) is 1. The first-order valence-corrected chi connectivity index (χ1v) is 6.85. The van der Waals surface area contributed by atoms with Crippen molar-refractivity contribution >= 4 is 11.9 Å². The van der Waals surface area contributed by atoms with Gasteiger partial charge in [0.15, 0.2) is 0 Å². The molecule has 0 saturated heterocycles. The van der Waals surface area contributed by atoms with Crippen molar-refractivity contribution in [3.8, 4) is 0 Å².